The molecule has 0 aliphatic rings. The van der Waals surface area contributed by atoms with Gasteiger partial charge < -0.3 is 4.52 Å². The van der Waals surface area contributed by atoms with Gasteiger partial charge in [-0.05, 0) is 6.07 Å². The molecular formula is C11H8F3N5O. The molecule has 0 aliphatic carbocycles. The molecule has 0 bridgehead atoms. The summed E-state index contributed by atoms with van der Waals surface area (Å²) >= 11 is 0. The molecule has 0 amide bonds. The van der Waals surface area contributed by atoms with E-state index < -0.39 is 12.6 Å². The van der Waals surface area contributed by atoms with Gasteiger partial charge in [-0.1, -0.05) is 5.16 Å². The Balaban J connectivity index is 1.82. The summed E-state index contributed by atoms with van der Waals surface area (Å²) in [7, 11) is 0. The first kappa shape index (κ1) is 12.6. The van der Waals surface area contributed by atoms with E-state index in [0.29, 0.717) is 11.2 Å². The minimum atomic E-state index is -4.24. The first-order valence-electron chi connectivity index (χ1n) is 5.70. The van der Waals surface area contributed by atoms with Crippen LogP contribution in [0.25, 0.3) is 22.5 Å². The van der Waals surface area contributed by atoms with Gasteiger partial charge in [0.15, 0.2) is 11.5 Å². The van der Waals surface area contributed by atoms with Crippen molar-refractivity contribution in [2.24, 2.45) is 0 Å². The first-order chi connectivity index (χ1) is 9.51. The van der Waals surface area contributed by atoms with Gasteiger partial charge in [0, 0.05) is 18.0 Å². The summed E-state index contributed by atoms with van der Waals surface area (Å²) in [5.74, 6) is 0.155. The molecule has 6 nitrogen and oxygen atoms in total. The molecule has 1 N–H and O–H groups in total. The highest BCUT2D eigenvalue weighted by molar-refractivity contribution is 5.78. The number of hydrogen-bond donors (Lipinski definition) is 1. The molecule has 9 heteroatoms. The second-order valence-corrected chi connectivity index (χ2v) is 4.16. The van der Waals surface area contributed by atoms with Crippen LogP contribution < -0.4 is 0 Å². The number of alkyl halides is 3. The van der Waals surface area contributed by atoms with Crippen LogP contribution in [-0.2, 0) is 6.42 Å². The first-order valence-corrected chi connectivity index (χ1v) is 5.70. The number of fused-ring (bicyclic) bond motifs is 1. The maximum Gasteiger partial charge on any atom is 0.389 e. The van der Waals surface area contributed by atoms with Crippen LogP contribution in [0.15, 0.2) is 23.0 Å². The van der Waals surface area contributed by atoms with Crippen LogP contribution in [0.5, 0.6) is 0 Å². The highest BCUT2D eigenvalue weighted by Crippen LogP contribution is 2.23. The highest BCUT2D eigenvalue weighted by Gasteiger charge is 2.27. The van der Waals surface area contributed by atoms with Gasteiger partial charge in [-0.15, -0.1) is 0 Å². The van der Waals surface area contributed by atoms with Crippen LogP contribution in [-0.4, -0.2) is 31.5 Å². The van der Waals surface area contributed by atoms with Gasteiger partial charge in [0.05, 0.1) is 18.2 Å². The summed E-state index contributed by atoms with van der Waals surface area (Å²) in [5.41, 5.74) is 1.13. The van der Waals surface area contributed by atoms with Gasteiger partial charge >= 0.3 is 6.18 Å². The Hall–Kier alpha value is -2.45. The topological polar surface area (TPSA) is 80.5 Å². The zero-order chi connectivity index (χ0) is 14.2. The predicted molar refractivity (Wildman–Crippen MR) is 61.6 cm³/mol. The summed E-state index contributed by atoms with van der Waals surface area (Å²) in [5, 5.41) is 10.8. The van der Waals surface area contributed by atoms with Gasteiger partial charge in [-0.2, -0.15) is 23.3 Å². The molecule has 3 aromatic rings. The normalized spacial score (nSPS) is 12.2. The van der Waals surface area contributed by atoms with Crippen LogP contribution in [0, 0.1) is 0 Å². The lowest BCUT2D eigenvalue weighted by atomic mass is 10.2. The molecule has 0 atom stereocenters. The minimum absolute atomic E-state index is 0.0182. The van der Waals surface area contributed by atoms with E-state index in [2.05, 4.69) is 25.3 Å². The Kier molecular flexibility index (Phi) is 2.88. The Morgan fingerprint density at radius 2 is 2.10 bits per heavy atom. The van der Waals surface area contributed by atoms with Crippen molar-refractivity contribution in [2.45, 2.75) is 19.0 Å². The number of nitrogens with one attached hydrogen (secondary N) is 1. The monoisotopic (exact) mass is 283 g/mol. The number of aromatic nitrogens is 5. The molecule has 0 fully saturated rings. The molecular weight excluding hydrogens is 275 g/mol. The van der Waals surface area contributed by atoms with Crippen molar-refractivity contribution in [3.05, 3.63) is 24.3 Å². The Labute approximate surface area is 110 Å². The van der Waals surface area contributed by atoms with E-state index in [1.54, 1.807) is 12.3 Å². The number of pyridine rings is 1. The fourth-order valence-electron chi connectivity index (χ4n) is 1.68. The largest absolute Gasteiger partial charge is 0.389 e. The Morgan fingerprint density at radius 3 is 2.90 bits per heavy atom. The Bertz CT molecular complexity index is 733. The smallest absolute Gasteiger partial charge is 0.334 e. The summed E-state index contributed by atoms with van der Waals surface area (Å²) in [6.45, 7) is 0. The lowest BCUT2D eigenvalue weighted by molar-refractivity contribution is -0.134. The van der Waals surface area contributed by atoms with Crippen molar-refractivity contribution in [1.82, 2.24) is 25.3 Å². The van der Waals surface area contributed by atoms with Crippen molar-refractivity contribution in [2.75, 3.05) is 0 Å². The van der Waals surface area contributed by atoms with Crippen molar-refractivity contribution >= 4 is 11.0 Å². The zero-order valence-electron chi connectivity index (χ0n) is 9.98. The van der Waals surface area contributed by atoms with E-state index in [0.717, 1.165) is 5.39 Å². The molecule has 20 heavy (non-hydrogen) atoms. The molecule has 0 saturated carbocycles. The van der Waals surface area contributed by atoms with Crippen molar-refractivity contribution < 1.29 is 17.7 Å². The van der Waals surface area contributed by atoms with Crippen molar-refractivity contribution in [3.63, 3.8) is 0 Å². The average Bonchev–Trinajstić information content (AvgIpc) is 3.03. The molecule has 0 radical (unpaired) electrons. The lowest BCUT2D eigenvalue weighted by Crippen LogP contribution is -2.09. The number of nitrogens with zero attached hydrogens (tertiary/aromatic N) is 4. The van der Waals surface area contributed by atoms with E-state index in [1.165, 1.54) is 6.20 Å². The molecule has 3 aromatic heterocycles. The van der Waals surface area contributed by atoms with E-state index in [1.807, 2.05) is 0 Å². The summed E-state index contributed by atoms with van der Waals surface area (Å²) in [6.07, 6.45) is -2.47. The van der Waals surface area contributed by atoms with Crippen LogP contribution in [0.2, 0.25) is 0 Å². The van der Waals surface area contributed by atoms with E-state index >= 15 is 0 Å². The fourth-order valence-corrected chi connectivity index (χ4v) is 1.68. The van der Waals surface area contributed by atoms with Gasteiger partial charge in [0.25, 0.3) is 5.89 Å². The van der Waals surface area contributed by atoms with Gasteiger partial charge in [0.2, 0.25) is 0 Å². The zero-order valence-corrected chi connectivity index (χ0v) is 9.98. The maximum atomic E-state index is 12.1. The molecule has 104 valence electrons. The van der Waals surface area contributed by atoms with E-state index in [-0.39, 0.29) is 18.1 Å². The summed E-state index contributed by atoms with van der Waals surface area (Å²) < 4.78 is 41.3. The number of rotatable bonds is 3. The van der Waals surface area contributed by atoms with E-state index in [4.69, 9.17) is 4.52 Å². The third-order valence-electron chi connectivity index (χ3n) is 2.64. The van der Waals surface area contributed by atoms with Crippen molar-refractivity contribution in [1.29, 1.82) is 0 Å². The third kappa shape index (κ3) is 2.60. The number of H-pyrrole nitrogens is 1. The summed E-state index contributed by atoms with van der Waals surface area (Å²) in [6, 6.07) is 1.72. The highest BCUT2D eigenvalue weighted by atomic mass is 19.4. The molecule has 3 heterocycles. The molecule has 3 rings (SSSR count). The minimum Gasteiger partial charge on any atom is -0.334 e. The van der Waals surface area contributed by atoms with Crippen LogP contribution in [0.1, 0.15) is 12.2 Å². The number of aromatic amines is 1. The SMILES string of the molecule is FC(F)(F)CCc1noc(-c2cnc3[nH]ncc3c2)n1. The second kappa shape index (κ2) is 4.58. The van der Waals surface area contributed by atoms with Gasteiger partial charge in [-0.3, -0.25) is 5.10 Å². The predicted octanol–water partition coefficient (Wildman–Crippen LogP) is 2.50. The average molecular weight is 283 g/mol. The second-order valence-electron chi connectivity index (χ2n) is 4.16. The van der Waals surface area contributed by atoms with E-state index in [9.17, 15) is 13.2 Å². The quantitative estimate of drug-likeness (QED) is 0.798. The molecule has 0 aliphatic heterocycles. The van der Waals surface area contributed by atoms with Crippen LogP contribution in [0.3, 0.4) is 0 Å². The van der Waals surface area contributed by atoms with Gasteiger partial charge in [-0.25, -0.2) is 4.98 Å². The molecule has 0 saturated heterocycles. The van der Waals surface area contributed by atoms with Crippen LogP contribution >= 0.6 is 0 Å². The lowest BCUT2D eigenvalue weighted by Gasteiger charge is -2.01. The maximum absolute atomic E-state index is 12.1. The Morgan fingerprint density at radius 1 is 1.25 bits per heavy atom. The molecule has 0 aromatic carbocycles. The molecule has 0 spiro atoms. The number of aryl methyl sites for hydroxylation is 1. The fraction of sp³-hybridized carbons (Fsp3) is 0.273. The van der Waals surface area contributed by atoms with Crippen LogP contribution in [0.4, 0.5) is 13.2 Å². The van der Waals surface area contributed by atoms with Gasteiger partial charge in [0.1, 0.15) is 0 Å². The molecule has 0 unspecified atom stereocenters. The third-order valence-corrected chi connectivity index (χ3v) is 2.64. The standard InChI is InChI=1S/C11H8F3N5O/c12-11(13,14)2-1-8-17-10(20-19-8)7-3-6-5-16-18-9(6)15-4-7/h3-5H,1-2H2,(H,15,16,18). The van der Waals surface area contributed by atoms with Crippen molar-refractivity contribution in [3.8, 4) is 11.5 Å². The number of halogens is 3. The summed E-state index contributed by atoms with van der Waals surface area (Å²) in [4.78, 5) is 8.01. The number of hydrogen-bond acceptors (Lipinski definition) is 5.